The van der Waals surface area contributed by atoms with Crippen LogP contribution in [0.25, 0.3) is 0 Å². The summed E-state index contributed by atoms with van der Waals surface area (Å²) in [4.78, 5) is 14.3. The van der Waals surface area contributed by atoms with Gasteiger partial charge in [-0.05, 0) is 51.2 Å². The minimum Gasteiger partial charge on any atom is -0.492 e. The lowest BCUT2D eigenvalue weighted by Gasteiger charge is -2.19. The van der Waals surface area contributed by atoms with E-state index in [1.54, 1.807) is 12.1 Å². The van der Waals surface area contributed by atoms with E-state index in [2.05, 4.69) is 24.1 Å². The quantitative estimate of drug-likeness (QED) is 0.691. The molecule has 0 radical (unpaired) electrons. The second kappa shape index (κ2) is 12.4. The van der Waals surface area contributed by atoms with Gasteiger partial charge in [0.05, 0.1) is 0 Å². The fraction of sp³-hybridized carbons (Fsp3) is 0.588. The van der Waals surface area contributed by atoms with Crippen LogP contribution in [0.3, 0.4) is 0 Å². The van der Waals surface area contributed by atoms with E-state index >= 15 is 0 Å². The first-order valence-electron chi connectivity index (χ1n) is 7.88. The van der Waals surface area contributed by atoms with E-state index in [4.69, 9.17) is 10.5 Å². The summed E-state index contributed by atoms with van der Waals surface area (Å²) >= 11 is 0. The summed E-state index contributed by atoms with van der Waals surface area (Å²) in [6, 6.07) is 7.19. The van der Waals surface area contributed by atoms with E-state index in [1.165, 1.54) is 0 Å². The Labute approximate surface area is 158 Å². The highest BCUT2D eigenvalue weighted by Crippen LogP contribution is 2.12. The molecule has 0 aliphatic rings. The van der Waals surface area contributed by atoms with Crippen molar-refractivity contribution in [1.29, 1.82) is 0 Å². The Kier molecular flexibility index (Phi) is 13.0. The zero-order valence-corrected chi connectivity index (χ0v) is 16.6. The highest BCUT2D eigenvalue weighted by atomic mass is 35.5. The third-order valence-electron chi connectivity index (χ3n) is 3.39. The molecule has 0 saturated heterocycles. The van der Waals surface area contributed by atoms with Gasteiger partial charge in [-0.3, -0.25) is 4.79 Å². The van der Waals surface area contributed by atoms with Gasteiger partial charge in [0.15, 0.2) is 0 Å². The van der Waals surface area contributed by atoms with Gasteiger partial charge in [0.25, 0.3) is 5.91 Å². The molecular formula is C17H31Cl2N3O2. The Hall–Kier alpha value is -1.01. The fourth-order valence-electron chi connectivity index (χ4n) is 1.95. The van der Waals surface area contributed by atoms with E-state index in [1.807, 2.05) is 26.0 Å². The van der Waals surface area contributed by atoms with Crippen molar-refractivity contribution in [2.24, 2.45) is 5.73 Å². The maximum atomic E-state index is 12.0. The summed E-state index contributed by atoms with van der Waals surface area (Å²) in [5.41, 5.74) is 6.05. The molecule has 0 aromatic heterocycles. The molecule has 0 bridgehead atoms. The normalized spacial score (nSPS) is 10.6. The Bertz CT molecular complexity index is 458. The standard InChI is InChI=1S/C17H29N3O2.2ClH/c1-5-20(6-2)11-12-22-15-9-7-14(8-10-15)16(21)19-13-17(3,4)18;;/h7-10H,5-6,11-13,18H2,1-4H3,(H,19,21);2*1H. The lowest BCUT2D eigenvalue weighted by atomic mass is 10.1. The monoisotopic (exact) mass is 379 g/mol. The number of hydrogen-bond acceptors (Lipinski definition) is 4. The van der Waals surface area contributed by atoms with Crippen LogP contribution in [0.2, 0.25) is 0 Å². The van der Waals surface area contributed by atoms with Gasteiger partial charge in [0, 0.05) is 24.2 Å². The van der Waals surface area contributed by atoms with Gasteiger partial charge >= 0.3 is 0 Å². The van der Waals surface area contributed by atoms with Gasteiger partial charge in [0.2, 0.25) is 0 Å². The molecule has 1 aromatic carbocycles. The molecule has 0 saturated carbocycles. The number of likely N-dealkylation sites (N-methyl/N-ethyl adjacent to an activating group) is 1. The third kappa shape index (κ3) is 9.98. The summed E-state index contributed by atoms with van der Waals surface area (Å²) in [7, 11) is 0. The maximum absolute atomic E-state index is 12.0. The van der Waals surface area contributed by atoms with Crippen LogP contribution in [0.15, 0.2) is 24.3 Å². The van der Waals surface area contributed by atoms with E-state index in [0.29, 0.717) is 18.7 Å². The van der Waals surface area contributed by atoms with Crippen LogP contribution in [0.5, 0.6) is 5.75 Å². The van der Waals surface area contributed by atoms with Crippen LogP contribution in [-0.4, -0.2) is 49.1 Å². The van der Waals surface area contributed by atoms with Gasteiger partial charge in [-0.1, -0.05) is 13.8 Å². The molecule has 0 unspecified atom stereocenters. The first kappa shape index (κ1) is 25.2. The highest BCUT2D eigenvalue weighted by Gasteiger charge is 2.13. The maximum Gasteiger partial charge on any atom is 0.251 e. The molecule has 0 fully saturated rings. The number of halogens is 2. The number of carbonyl (C=O) groups excluding carboxylic acids is 1. The van der Waals surface area contributed by atoms with E-state index in [9.17, 15) is 4.79 Å². The molecule has 0 atom stereocenters. The van der Waals surface area contributed by atoms with Gasteiger partial charge in [-0.2, -0.15) is 0 Å². The van der Waals surface area contributed by atoms with Crippen LogP contribution in [0, 0.1) is 0 Å². The molecule has 0 aliphatic heterocycles. The largest absolute Gasteiger partial charge is 0.492 e. The number of amides is 1. The smallest absolute Gasteiger partial charge is 0.251 e. The molecule has 1 rings (SSSR count). The average Bonchev–Trinajstić information content (AvgIpc) is 2.49. The van der Waals surface area contributed by atoms with Crippen molar-refractivity contribution in [3.05, 3.63) is 29.8 Å². The van der Waals surface area contributed by atoms with Gasteiger partial charge in [-0.15, -0.1) is 24.8 Å². The van der Waals surface area contributed by atoms with Crippen LogP contribution in [-0.2, 0) is 0 Å². The number of benzene rings is 1. The van der Waals surface area contributed by atoms with E-state index in [0.717, 1.165) is 25.4 Å². The van der Waals surface area contributed by atoms with Crippen molar-refractivity contribution in [2.45, 2.75) is 33.2 Å². The molecule has 0 aliphatic carbocycles. The summed E-state index contributed by atoms with van der Waals surface area (Å²) < 4.78 is 5.70. The molecule has 1 amide bonds. The lowest BCUT2D eigenvalue weighted by Crippen LogP contribution is -2.45. The Morgan fingerprint density at radius 1 is 1.17 bits per heavy atom. The van der Waals surface area contributed by atoms with Crippen molar-refractivity contribution < 1.29 is 9.53 Å². The van der Waals surface area contributed by atoms with Crippen molar-refractivity contribution in [3.63, 3.8) is 0 Å². The molecule has 0 heterocycles. The van der Waals surface area contributed by atoms with Crippen molar-refractivity contribution in [3.8, 4) is 5.75 Å². The Morgan fingerprint density at radius 2 is 1.71 bits per heavy atom. The summed E-state index contributed by atoms with van der Waals surface area (Å²) in [5.74, 6) is 0.663. The van der Waals surface area contributed by atoms with E-state index in [-0.39, 0.29) is 30.7 Å². The molecule has 0 spiro atoms. The molecular weight excluding hydrogens is 349 g/mol. The number of rotatable bonds is 9. The molecule has 7 heteroatoms. The molecule has 24 heavy (non-hydrogen) atoms. The number of ether oxygens (including phenoxy) is 1. The Morgan fingerprint density at radius 3 is 2.17 bits per heavy atom. The van der Waals surface area contributed by atoms with Gasteiger partial charge in [-0.25, -0.2) is 0 Å². The van der Waals surface area contributed by atoms with E-state index < -0.39 is 5.54 Å². The third-order valence-corrected chi connectivity index (χ3v) is 3.39. The molecule has 5 nitrogen and oxygen atoms in total. The number of hydrogen-bond donors (Lipinski definition) is 2. The first-order chi connectivity index (χ1) is 10.4. The van der Waals surface area contributed by atoms with Crippen molar-refractivity contribution in [1.82, 2.24) is 10.2 Å². The minimum atomic E-state index is -0.414. The van der Waals surface area contributed by atoms with Crippen molar-refractivity contribution in [2.75, 3.05) is 32.8 Å². The predicted octanol–water partition coefficient (Wildman–Crippen LogP) is 2.72. The van der Waals surface area contributed by atoms with Crippen LogP contribution in [0.4, 0.5) is 0 Å². The second-order valence-corrected chi connectivity index (χ2v) is 6.07. The first-order valence-corrected chi connectivity index (χ1v) is 7.88. The van der Waals surface area contributed by atoms with Crippen LogP contribution in [0.1, 0.15) is 38.1 Å². The summed E-state index contributed by atoms with van der Waals surface area (Å²) in [5, 5.41) is 2.82. The molecule has 3 N–H and O–H groups in total. The SMILES string of the molecule is CCN(CC)CCOc1ccc(C(=O)NCC(C)(C)N)cc1.Cl.Cl. The number of carbonyl (C=O) groups is 1. The fourth-order valence-corrected chi connectivity index (χ4v) is 1.95. The van der Waals surface area contributed by atoms with Crippen molar-refractivity contribution >= 4 is 30.7 Å². The Balaban J connectivity index is 0. The average molecular weight is 380 g/mol. The van der Waals surface area contributed by atoms with Crippen LogP contribution >= 0.6 is 24.8 Å². The van der Waals surface area contributed by atoms with Gasteiger partial charge < -0.3 is 20.7 Å². The minimum absolute atomic E-state index is 0. The lowest BCUT2D eigenvalue weighted by molar-refractivity contribution is 0.0946. The predicted molar refractivity (Wildman–Crippen MR) is 105 cm³/mol. The molecule has 1 aromatic rings. The zero-order chi connectivity index (χ0) is 16.6. The summed E-state index contributed by atoms with van der Waals surface area (Å²) in [6.07, 6.45) is 0. The van der Waals surface area contributed by atoms with Crippen LogP contribution < -0.4 is 15.8 Å². The zero-order valence-electron chi connectivity index (χ0n) is 15.0. The van der Waals surface area contributed by atoms with Gasteiger partial charge in [0.1, 0.15) is 12.4 Å². The summed E-state index contributed by atoms with van der Waals surface area (Å²) in [6.45, 7) is 12.1. The number of nitrogens with zero attached hydrogens (tertiary/aromatic N) is 1. The number of nitrogens with two attached hydrogens (primary N) is 1. The second-order valence-electron chi connectivity index (χ2n) is 6.07. The number of nitrogens with one attached hydrogen (secondary N) is 1. The molecule has 140 valence electrons. The topological polar surface area (TPSA) is 67.6 Å². The highest BCUT2D eigenvalue weighted by molar-refractivity contribution is 5.94.